The average Bonchev–Trinajstić information content (AvgIpc) is 3.51. The molecule has 1 aromatic heterocycles. The highest BCUT2D eigenvalue weighted by atomic mass is 16.3. The first-order chi connectivity index (χ1) is 16.5. The van der Waals surface area contributed by atoms with Gasteiger partial charge in [-0.25, -0.2) is 0 Å². The molecular formula is C25H26N4O5. The normalized spacial score (nSPS) is 20.4. The Bertz CT molecular complexity index is 1240. The fourth-order valence-electron chi connectivity index (χ4n) is 5.18. The van der Waals surface area contributed by atoms with Crippen molar-refractivity contribution >= 4 is 24.0 Å². The molecule has 2 atom stereocenters. The van der Waals surface area contributed by atoms with Crippen LogP contribution in [-0.2, 0) is 32.6 Å². The average molecular weight is 463 g/mol. The van der Waals surface area contributed by atoms with Crippen LogP contribution >= 0.6 is 0 Å². The van der Waals surface area contributed by atoms with Gasteiger partial charge in [0.1, 0.15) is 0 Å². The highest BCUT2D eigenvalue weighted by Crippen LogP contribution is 2.49. The van der Waals surface area contributed by atoms with E-state index in [2.05, 4.69) is 27.6 Å². The molecule has 2 aliphatic heterocycles. The molecule has 9 nitrogen and oxygen atoms in total. The van der Waals surface area contributed by atoms with E-state index in [9.17, 15) is 14.4 Å². The van der Waals surface area contributed by atoms with E-state index in [0.29, 0.717) is 24.9 Å². The lowest BCUT2D eigenvalue weighted by molar-refractivity contribution is -0.133. The number of aromatic amines is 2. The number of nitrogens with one attached hydrogen (secondary N) is 3. The van der Waals surface area contributed by atoms with Gasteiger partial charge in [0, 0.05) is 24.0 Å². The third-order valence-corrected chi connectivity index (χ3v) is 6.69. The summed E-state index contributed by atoms with van der Waals surface area (Å²) < 4.78 is 0. The third kappa shape index (κ3) is 4.12. The Hall–Kier alpha value is -4.14. The molecule has 2 aromatic carbocycles. The summed E-state index contributed by atoms with van der Waals surface area (Å²) in [6, 6.07) is 17.6. The standard InChI is InChI=1S/C24H24N4O3.CH2O2/c29-21(14-17-15-25-27-22(17)30)28-13-12-24(18-8-4-5-9-19(18)26-23(24)31)20(28)11-10-16-6-2-1-3-7-16;2-1-3/h1-9,15,20H,10-14H2,(H,26,31)(H2,25,27,30);1H,(H,2,3)/t20-,24+;/m0./s1. The van der Waals surface area contributed by atoms with E-state index in [4.69, 9.17) is 9.90 Å². The van der Waals surface area contributed by atoms with E-state index >= 15 is 0 Å². The number of para-hydroxylation sites is 1. The van der Waals surface area contributed by atoms with Gasteiger partial charge < -0.3 is 20.4 Å². The fraction of sp³-hybridized carbons (Fsp3) is 0.280. The second kappa shape index (κ2) is 9.78. The van der Waals surface area contributed by atoms with Crippen molar-refractivity contribution in [2.24, 2.45) is 0 Å². The number of H-pyrrole nitrogens is 2. The van der Waals surface area contributed by atoms with E-state index in [-0.39, 0.29) is 36.3 Å². The molecule has 3 heterocycles. The van der Waals surface area contributed by atoms with Crippen molar-refractivity contribution in [1.82, 2.24) is 15.1 Å². The number of nitrogens with zero attached hydrogens (tertiary/aromatic N) is 1. The number of likely N-dealkylation sites (tertiary alicyclic amines) is 1. The highest BCUT2D eigenvalue weighted by molar-refractivity contribution is 6.07. The van der Waals surface area contributed by atoms with Gasteiger partial charge in [-0.2, -0.15) is 0 Å². The molecule has 9 heteroatoms. The number of rotatable bonds is 5. The second-order valence-corrected chi connectivity index (χ2v) is 8.40. The number of aryl methyl sites for hydroxylation is 1. The summed E-state index contributed by atoms with van der Waals surface area (Å²) in [7, 11) is 0. The van der Waals surface area contributed by atoms with E-state index < -0.39 is 5.41 Å². The molecule has 176 valence electrons. The van der Waals surface area contributed by atoms with E-state index in [1.54, 1.807) is 0 Å². The molecule has 2 aliphatic rings. The van der Waals surface area contributed by atoms with Crippen molar-refractivity contribution in [2.45, 2.75) is 37.1 Å². The van der Waals surface area contributed by atoms with Crippen LogP contribution in [0.5, 0.6) is 0 Å². The van der Waals surface area contributed by atoms with E-state index in [0.717, 1.165) is 17.7 Å². The third-order valence-electron chi connectivity index (χ3n) is 6.69. The maximum Gasteiger partial charge on any atom is 0.290 e. The smallest absolute Gasteiger partial charge is 0.290 e. The number of fused-ring (bicyclic) bond motifs is 2. The van der Waals surface area contributed by atoms with Gasteiger partial charge in [0.05, 0.1) is 17.9 Å². The van der Waals surface area contributed by atoms with Crippen molar-refractivity contribution in [3.63, 3.8) is 0 Å². The number of carbonyl (C=O) groups is 3. The monoisotopic (exact) mass is 462 g/mol. The zero-order chi connectivity index (χ0) is 24.1. The number of carbonyl (C=O) groups excluding carboxylic acids is 2. The molecule has 1 spiro atoms. The lowest BCUT2D eigenvalue weighted by atomic mass is 9.73. The van der Waals surface area contributed by atoms with Crippen molar-refractivity contribution in [3.05, 3.63) is 87.8 Å². The van der Waals surface area contributed by atoms with Crippen molar-refractivity contribution in [1.29, 1.82) is 0 Å². The number of anilines is 1. The van der Waals surface area contributed by atoms with Crippen LogP contribution in [0.1, 0.15) is 29.5 Å². The first-order valence-corrected chi connectivity index (χ1v) is 11.1. The number of amides is 2. The van der Waals surface area contributed by atoms with Crippen LogP contribution < -0.4 is 10.9 Å². The highest BCUT2D eigenvalue weighted by Gasteiger charge is 2.58. The molecule has 3 aromatic rings. The zero-order valence-corrected chi connectivity index (χ0v) is 18.5. The molecule has 0 bridgehead atoms. The van der Waals surface area contributed by atoms with Gasteiger partial charge >= 0.3 is 0 Å². The first-order valence-electron chi connectivity index (χ1n) is 11.1. The number of hydrogen-bond donors (Lipinski definition) is 4. The summed E-state index contributed by atoms with van der Waals surface area (Å²) in [5.41, 5.74) is 2.33. The Kier molecular flexibility index (Phi) is 6.62. The molecule has 1 saturated heterocycles. The Morgan fingerprint density at radius 2 is 1.82 bits per heavy atom. The minimum atomic E-state index is -0.758. The van der Waals surface area contributed by atoms with E-state index in [1.807, 2.05) is 47.4 Å². The van der Waals surface area contributed by atoms with Crippen LogP contribution in [0.2, 0.25) is 0 Å². The van der Waals surface area contributed by atoms with Crippen LogP contribution in [0.3, 0.4) is 0 Å². The minimum Gasteiger partial charge on any atom is -0.483 e. The molecule has 4 N–H and O–H groups in total. The summed E-state index contributed by atoms with van der Waals surface area (Å²) in [6.45, 7) is 0.238. The number of benzene rings is 2. The second-order valence-electron chi connectivity index (χ2n) is 8.40. The Morgan fingerprint density at radius 3 is 2.53 bits per heavy atom. The summed E-state index contributed by atoms with van der Waals surface area (Å²) in [5.74, 6) is -0.168. The lowest BCUT2D eigenvalue weighted by Crippen LogP contribution is -2.49. The number of carboxylic acid groups (broad SMARTS) is 1. The maximum atomic E-state index is 13.3. The summed E-state index contributed by atoms with van der Waals surface area (Å²) in [6.07, 6.45) is 3.55. The van der Waals surface area contributed by atoms with Crippen LogP contribution in [0.4, 0.5) is 5.69 Å². The molecule has 0 aliphatic carbocycles. The fourth-order valence-corrected chi connectivity index (χ4v) is 5.18. The molecule has 0 saturated carbocycles. The summed E-state index contributed by atoms with van der Waals surface area (Å²) in [4.78, 5) is 48.7. The van der Waals surface area contributed by atoms with Gasteiger partial charge in [0.25, 0.3) is 12.0 Å². The molecule has 0 radical (unpaired) electrons. The van der Waals surface area contributed by atoms with Crippen LogP contribution in [0, 0.1) is 0 Å². The van der Waals surface area contributed by atoms with Gasteiger partial charge in [-0.1, -0.05) is 48.5 Å². The van der Waals surface area contributed by atoms with Crippen molar-refractivity contribution in [3.8, 4) is 0 Å². The van der Waals surface area contributed by atoms with Crippen molar-refractivity contribution < 1.29 is 19.5 Å². The van der Waals surface area contributed by atoms with Crippen LogP contribution in [-0.4, -0.2) is 51.1 Å². The summed E-state index contributed by atoms with van der Waals surface area (Å²) >= 11 is 0. The zero-order valence-electron chi connectivity index (χ0n) is 18.5. The largest absolute Gasteiger partial charge is 0.483 e. The quantitative estimate of drug-likeness (QED) is 0.431. The predicted molar refractivity (Wildman–Crippen MR) is 125 cm³/mol. The number of aromatic nitrogens is 2. The topological polar surface area (TPSA) is 135 Å². The Morgan fingerprint density at radius 1 is 1.12 bits per heavy atom. The van der Waals surface area contributed by atoms with Crippen molar-refractivity contribution in [2.75, 3.05) is 11.9 Å². The van der Waals surface area contributed by atoms with Crippen LogP contribution in [0.15, 0.2) is 65.6 Å². The predicted octanol–water partition coefficient (Wildman–Crippen LogP) is 2.07. The SMILES string of the molecule is O=C(Cc1c[nH][nH]c1=O)N1CC[C@]2(C(=O)Nc3ccccc32)[C@@H]1CCc1ccccc1.O=CO. The summed E-state index contributed by atoms with van der Waals surface area (Å²) in [5, 5.41) is 15.0. The first kappa shape index (κ1) is 23.0. The van der Waals surface area contributed by atoms with Gasteiger partial charge in [0.15, 0.2) is 0 Å². The van der Waals surface area contributed by atoms with Crippen LogP contribution in [0.25, 0.3) is 0 Å². The Labute approximate surface area is 195 Å². The van der Waals surface area contributed by atoms with Gasteiger partial charge in [-0.05, 0) is 36.5 Å². The molecule has 34 heavy (non-hydrogen) atoms. The van der Waals surface area contributed by atoms with E-state index in [1.165, 1.54) is 11.8 Å². The number of hydrogen-bond acceptors (Lipinski definition) is 4. The molecule has 1 fully saturated rings. The van der Waals surface area contributed by atoms with Gasteiger partial charge in [-0.15, -0.1) is 0 Å². The molecule has 5 rings (SSSR count). The lowest BCUT2D eigenvalue weighted by Gasteiger charge is -2.34. The maximum absolute atomic E-state index is 13.3. The molecule has 2 amide bonds. The molecule has 0 unspecified atom stereocenters. The Balaban J connectivity index is 0.000000868. The van der Waals surface area contributed by atoms with Gasteiger partial charge in [0.2, 0.25) is 11.8 Å². The molecular weight excluding hydrogens is 436 g/mol. The minimum absolute atomic E-state index is 0.0139. The van der Waals surface area contributed by atoms with Gasteiger partial charge in [-0.3, -0.25) is 24.3 Å².